The van der Waals surface area contributed by atoms with Gasteiger partial charge in [-0.1, -0.05) is 12.1 Å². The first-order valence-corrected chi connectivity index (χ1v) is 12.6. The number of nitrogens with zero attached hydrogens (tertiary/aromatic N) is 4. The Labute approximate surface area is 199 Å². The van der Waals surface area contributed by atoms with Gasteiger partial charge < -0.3 is 25.6 Å². The van der Waals surface area contributed by atoms with Crippen LogP contribution in [0.25, 0.3) is 0 Å². The Balaban J connectivity index is 1.88. The topological polar surface area (TPSA) is 148 Å². The Morgan fingerprint density at radius 1 is 1.21 bits per heavy atom. The molecule has 0 aliphatic carbocycles. The van der Waals surface area contributed by atoms with E-state index in [0.29, 0.717) is 25.6 Å². The minimum absolute atomic E-state index is 0.0205. The number of rotatable bonds is 5. The van der Waals surface area contributed by atoms with Crippen molar-refractivity contribution in [3.8, 4) is 0 Å². The SMILES string of the molecule is CC1CN(C(=O)OC(C)(C)C)CCN1c1ncc(C(N)=O)c(Nc2ccccc2S(C)(=O)=O)n1. The van der Waals surface area contributed by atoms with E-state index < -0.39 is 21.3 Å². The third kappa shape index (κ3) is 5.93. The van der Waals surface area contributed by atoms with Crippen molar-refractivity contribution in [1.29, 1.82) is 0 Å². The summed E-state index contributed by atoms with van der Waals surface area (Å²) < 4.78 is 29.8. The predicted molar refractivity (Wildman–Crippen MR) is 128 cm³/mol. The van der Waals surface area contributed by atoms with Crippen molar-refractivity contribution in [2.45, 2.75) is 44.2 Å². The van der Waals surface area contributed by atoms with Gasteiger partial charge in [-0.15, -0.1) is 0 Å². The normalized spacial score (nSPS) is 16.8. The molecule has 11 nitrogen and oxygen atoms in total. The van der Waals surface area contributed by atoms with Gasteiger partial charge in [0.25, 0.3) is 5.91 Å². The number of primary amides is 1. The molecular formula is C22H30N6O5S. The summed E-state index contributed by atoms with van der Waals surface area (Å²) in [5, 5.41) is 2.93. The average Bonchev–Trinajstić information content (AvgIpc) is 2.72. The van der Waals surface area contributed by atoms with Gasteiger partial charge in [0.05, 0.1) is 10.6 Å². The molecule has 3 rings (SSSR count). The molecule has 1 aromatic carbocycles. The zero-order chi connectivity index (χ0) is 25.3. The molecule has 2 amide bonds. The molecule has 2 heterocycles. The summed E-state index contributed by atoms with van der Waals surface area (Å²) in [6.45, 7) is 8.61. The molecule has 1 saturated heterocycles. The van der Waals surface area contributed by atoms with Gasteiger partial charge >= 0.3 is 6.09 Å². The zero-order valence-corrected chi connectivity index (χ0v) is 20.7. The van der Waals surface area contributed by atoms with E-state index in [0.717, 1.165) is 6.26 Å². The summed E-state index contributed by atoms with van der Waals surface area (Å²) >= 11 is 0. The maximum absolute atomic E-state index is 12.4. The number of nitrogens with two attached hydrogens (primary N) is 1. The molecule has 12 heteroatoms. The molecule has 1 aromatic heterocycles. The van der Waals surface area contributed by atoms with Crippen molar-refractivity contribution in [2.75, 3.05) is 36.1 Å². The molecular weight excluding hydrogens is 460 g/mol. The average molecular weight is 491 g/mol. The number of para-hydroxylation sites is 1. The van der Waals surface area contributed by atoms with E-state index in [9.17, 15) is 18.0 Å². The fraction of sp³-hybridized carbons (Fsp3) is 0.455. The van der Waals surface area contributed by atoms with Gasteiger partial charge in [-0.3, -0.25) is 4.79 Å². The summed E-state index contributed by atoms with van der Waals surface area (Å²) in [4.78, 5) is 36.8. The van der Waals surface area contributed by atoms with E-state index in [1.54, 1.807) is 23.1 Å². The fourth-order valence-electron chi connectivity index (χ4n) is 3.55. The van der Waals surface area contributed by atoms with Crippen LogP contribution in [0.1, 0.15) is 38.1 Å². The van der Waals surface area contributed by atoms with Crippen LogP contribution in [0.15, 0.2) is 35.4 Å². The number of hydrogen-bond acceptors (Lipinski definition) is 9. The number of carbonyl (C=O) groups excluding carboxylic acids is 2. The molecule has 0 bridgehead atoms. The number of sulfone groups is 1. The van der Waals surface area contributed by atoms with Crippen LogP contribution in [0.5, 0.6) is 0 Å². The van der Waals surface area contributed by atoms with Crippen LogP contribution >= 0.6 is 0 Å². The van der Waals surface area contributed by atoms with Crippen molar-refractivity contribution in [1.82, 2.24) is 14.9 Å². The third-order valence-electron chi connectivity index (χ3n) is 5.12. The molecule has 3 N–H and O–H groups in total. The molecule has 184 valence electrons. The highest BCUT2D eigenvalue weighted by Gasteiger charge is 2.31. The van der Waals surface area contributed by atoms with Crippen LogP contribution in [0.3, 0.4) is 0 Å². The van der Waals surface area contributed by atoms with Crippen molar-refractivity contribution < 1.29 is 22.7 Å². The molecule has 0 radical (unpaired) electrons. The maximum atomic E-state index is 12.4. The second-order valence-corrected chi connectivity index (χ2v) is 11.1. The molecule has 1 aliphatic heterocycles. The van der Waals surface area contributed by atoms with Crippen LogP contribution in [0, 0.1) is 0 Å². The molecule has 1 atom stereocenters. The Hall–Kier alpha value is -3.41. The molecule has 34 heavy (non-hydrogen) atoms. The van der Waals surface area contributed by atoms with Crippen LogP contribution in [-0.4, -0.2) is 72.8 Å². The van der Waals surface area contributed by atoms with Gasteiger partial charge in [0.15, 0.2) is 9.84 Å². The lowest BCUT2D eigenvalue weighted by Gasteiger charge is -2.40. The Morgan fingerprint density at radius 2 is 1.88 bits per heavy atom. The second kappa shape index (κ2) is 9.45. The number of ether oxygens (including phenoxy) is 1. The van der Waals surface area contributed by atoms with Crippen LogP contribution in [-0.2, 0) is 14.6 Å². The van der Waals surface area contributed by atoms with Gasteiger partial charge in [-0.05, 0) is 39.8 Å². The molecule has 2 aromatic rings. The van der Waals surface area contributed by atoms with Gasteiger partial charge in [-0.25, -0.2) is 18.2 Å². The van der Waals surface area contributed by atoms with E-state index in [1.165, 1.54) is 12.3 Å². The van der Waals surface area contributed by atoms with E-state index in [1.807, 2.05) is 32.6 Å². The van der Waals surface area contributed by atoms with E-state index in [-0.39, 0.29) is 34.1 Å². The molecule has 1 aliphatic rings. The lowest BCUT2D eigenvalue weighted by Crippen LogP contribution is -2.55. The number of piperazine rings is 1. The molecule has 0 spiro atoms. The third-order valence-corrected chi connectivity index (χ3v) is 6.27. The maximum Gasteiger partial charge on any atom is 0.410 e. The molecule has 1 unspecified atom stereocenters. The van der Waals surface area contributed by atoms with Gasteiger partial charge in [0, 0.05) is 38.1 Å². The standard InChI is InChI=1S/C22H30N6O5S/c1-14-13-27(21(30)33-22(2,3)4)10-11-28(14)20-24-12-15(18(23)29)19(26-20)25-16-8-6-7-9-17(16)34(5,31)32/h6-9,12,14H,10-11,13H2,1-5H3,(H2,23,29)(H,24,25,26). The summed E-state index contributed by atoms with van der Waals surface area (Å²) in [5.74, 6) is -0.343. The summed E-state index contributed by atoms with van der Waals surface area (Å²) in [6.07, 6.45) is 2.02. The highest BCUT2D eigenvalue weighted by atomic mass is 32.2. The molecule has 0 saturated carbocycles. The number of nitrogens with one attached hydrogen (secondary N) is 1. The van der Waals surface area contributed by atoms with Gasteiger partial charge in [0.2, 0.25) is 5.95 Å². The number of anilines is 3. The lowest BCUT2D eigenvalue weighted by molar-refractivity contribution is 0.0218. The minimum Gasteiger partial charge on any atom is -0.444 e. The summed E-state index contributed by atoms with van der Waals surface area (Å²) in [5.41, 5.74) is 5.20. The van der Waals surface area contributed by atoms with Gasteiger partial charge in [0.1, 0.15) is 17.0 Å². The summed E-state index contributed by atoms with van der Waals surface area (Å²) in [7, 11) is -3.54. The first kappa shape index (κ1) is 25.2. The number of carbonyl (C=O) groups is 2. The number of amides is 2. The van der Waals surface area contributed by atoms with Crippen molar-refractivity contribution in [3.05, 3.63) is 36.0 Å². The second-order valence-electron chi connectivity index (χ2n) is 9.16. The van der Waals surface area contributed by atoms with E-state index >= 15 is 0 Å². The highest BCUT2D eigenvalue weighted by Crippen LogP contribution is 2.27. The van der Waals surface area contributed by atoms with Crippen LogP contribution < -0.4 is 16.0 Å². The number of aromatic nitrogens is 2. The van der Waals surface area contributed by atoms with Crippen LogP contribution in [0.4, 0.5) is 22.2 Å². The van der Waals surface area contributed by atoms with Gasteiger partial charge in [-0.2, -0.15) is 4.98 Å². The monoisotopic (exact) mass is 490 g/mol. The smallest absolute Gasteiger partial charge is 0.410 e. The first-order valence-electron chi connectivity index (χ1n) is 10.7. The highest BCUT2D eigenvalue weighted by molar-refractivity contribution is 7.90. The quantitative estimate of drug-likeness (QED) is 0.643. The van der Waals surface area contributed by atoms with Crippen molar-refractivity contribution >= 4 is 39.3 Å². The number of hydrogen-bond donors (Lipinski definition) is 2. The van der Waals surface area contributed by atoms with E-state index in [4.69, 9.17) is 10.5 Å². The first-order chi connectivity index (χ1) is 15.8. The number of benzene rings is 1. The summed E-state index contributed by atoms with van der Waals surface area (Å²) in [6, 6.07) is 6.17. The van der Waals surface area contributed by atoms with Crippen LogP contribution in [0.2, 0.25) is 0 Å². The lowest BCUT2D eigenvalue weighted by atomic mass is 10.2. The Morgan fingerprint density at radius 3 is 2.47 bits per heavy atom. The zero-order valence-electron chi connectivity index (χ0n) is 19.9. The van der Waals surface area contributed by atoms with Crippen molar-refractivity contribution in [3.63, 3.8) is 0 Å². The predicted octanol–water partition coefficient (Wildman–Crippen LogP) is 2.17. The Bertz CT molecular complexity index is 1190. The van der Waals surface area contributed by atoms with E-state index in [2.05, 4.69) is 15.3 Å². The fourth-order valence-corrected chi connectivity index (χ4v) is 4.40. The Kier molecular flexibility index (Phi) is 7.01. The largest absolute Gasteiger partial charge is 0.444 e. The molecule has 1 fully saturated rings. The minimum atomic E-state index is -3.54. The van der Waals surface area contributed by atoms with Crippen molar-refractivity contribution in [2.24, 2.45) is 5.73 Å².